The van der Waals surface area contributed by atoms with Crippen molar-refractivity contribution in [3.63, 3.8) is 0 Å². The van der Waals surface area contributed by atoms with Gasteiger partial charge in [-0.05, 0) is 50.1 Å². The highest BCUT2D eigenvalue weighted by atomic mass is 35.5. The van der Waals surface area contributed by atoms with Crippen molar-refractivity contribution in [3.05, 3.63) is 71.4 Å². The minimum Gasteiger partial charge on any atom is -0.492 e. The van der Waals surface area contributed by atoms with E-state index in [1.165, 1.54) is 0 Å². The Bertz CT molecular complexity index is 1440. The average molecular weight is 534 g/mol. The first-order valence-electron chi connectivity index (χ1n) is 12.2. The van der Waals surface area contributed by atoms with E-state index in [4.69, 9.17) is 26.4 Å². The number of piperidine rings is 1. The van der Waals surface area contributed by atoms with E-state index in [0.717, 1.165) is 55.5 Å². The summed E-state index contributed by atoms with van der Waals surface area (Å²) < 4.78 is 7.37. The monoisotopic (exact) mass is 533 g/mol. The Hall–Kier alpha value is -4.20. The molecule has 1 fully saturated rings. The Morgan fingerprint density at radius 1 is 1.24 bits per heavy atom. The third-order valence-corrected chi connectivity index (χ3v) is 6.51. The molecule has 0 aromatic carbocycles. The van der Waals surface area contributed by atoms with Crippen molar-refractivity contribution in [2.24, 2.45) is 0 Å². The number of fused-ring (bicyclic) bond motifs is 1. The Morgan fingerprint density at radius 3 is 2.68 bits per heavy atom. The summed E-state index contributed by atoms with van der Waals surface area (Å²) in [7, 11) is 1.00. The first kappa shape index (κ1) is 26.9. The predicted molar refractivity (Wildman–Crippen MR) is 144 cm³/mol. The maximum Gasteiger partial charge on any atom is 0.271 e. The number of ether oxygens (including phenoxy) is 1. The number of anilines is 1. The van der Waals surface area contributed by atoms with Gasteiger partial charge in [-0.15, -0.1) is 0 Å². The molecular weight excluding hydrogens is 506 g/mol. The van der Waals surface area contributed by atoms with Crippen molar-refractivity contribution in [2.75, 3.05) is 31.7 Å². The van der Waals surface area contributed by atoms with Crippen LogP contribution in [0.2, 0.25) is 5.02 Å². The highest BCUT2D eigenvalue weighted by Gasteiger charge is 2.23. The van der Waals surface area contributed by atoms with Crippen molar-refractivity contribution in [3.8, 4) is 22.9 Å². The van der Waals surface area contributed by atoms with Crippen LogP contribution in [0.5, 0.6) is 5.75 Å². The smallest absolute Gasteiger partial charge is 0.271 e. The number of nitrogens with one attached hydrogen (secondary N) is 1. The molecule has 196 valence electrons. The first-order chi connectivity index (χ1) is 18.6. The summed E-state index contributed by atoms with van der Waals surface area (Å²) >= 11 is 6.10. The van der Waals surface area contributed by atoms with Crippen LogP contribution in [0.3, 0.4) is 0 Å². The number of aliphatic hydroxyl groups is 1. The Morgan fingerprint density at radius 2 is 2.03 bits per heavy atom. The van der Waals surface area contributed by atoms with E-state index in [0.29, 0.717) is 22.9 Å². The number of hydrogen-bond acceptors (Lipinski definition) is 8. The van der Waals surface area contributed by atoms with Crippen LogP contribution in [-0.2, 0) is 0 Å². The Balaban J connectivity index is 0.00000164. The highest BCUT2D eigenvalue weighted by molar-refractivity contribution is 6.33. The Kier molecular flexibility index (Phi) is 8.73. The van der Waals surface area contributed by atoms with Crippen LogP contribution >= 0.6 is 11.6 Å². The van der Waals surface area contributed by atoms with Gasteiger partial charge in [0, 0.05) is 49.8 Å². The maximum atomic E-state index is 12.5. The van der Waals surface area contributed by atoms with E-state index in [2.05, 4.69) is 26.4 Å². The molecule has 0 radical (unpaired) electrons. The number of carbonyl (C=O) groups excluding carboxylic acids is 1. The summed E-state index contributed by atoms with van der Waals surface area (Å²) in [6.45, 7) is 3.98. The lowest BCUT2D eigenvalue weighted by atomic mass is 10.0. The minimum atomic E-state index is -0.251. The lowest BCUT2D eigenvalue weighted by Gasteiger charge is -2.33. The molecule has 1 amide bonds. The predicted octanol–water partition coefficient (Wildman–Crippen LogP) is 3.72. The van der Waals surface area contributed by atoms with Crippen molar-refractivity contribution in [1.82, 2.24) is 24.9 Å². The summed E-state index contributed by atoms with van der Waals surface area (Å²) in [5, 5.41) is 24.2. The number of aromatic nitrogens is 4. The van der Waals surface area contributed by atoms with E-state index in [1.807, 2.05) is 31.3 Å². The van der Waals surface area contributed by atoms with Gasteiger partial charge in [0.25, 0.3) is 5.91 Å². The lowest BCUT2D eigenvalue weighted by Crippen LogP contribution is -2.45. The molecule has 4 aromatic rings. The van der Waals surface area contributed by atoms with Crippen LogP contribution in [-0.4, -0.2) is 63.4 Å². The molecule has 0 aliphatic carbocycles. The minimum absolute atomic E-state index is 0.0481. The highest BCUT2D eigenvalue weighted by Crippen LogP contribution is 2.31. The van der Waals surface area contributed by atoms with Crippen LogP contribution in [0.25, 0.3) is 16.6 Å². The van der Waals surface area contributed by atoms with Gasteiger partial charge in [-0.3, -0.25) is 4.79 Å². The molecule has 0 unspecified atom stereocenters. The van der Waals surface area contributed by atoms with E-state index in [1.54, 1.807) is 35.2 Å². The molecule has 1 aliphatic heterocycles. The summed E-state index contributed by atoms with van der Waals surface area (Å²) in [6, 6.07) is 11.5. The summed E-state index contributed by atoms with van der Waals surface area (Å²) in [5.41, 5.74) is 3.17. The molecule has 4 aromatic heterocycles. The summed E-state index contributed by atoms with van der Waals surface area (Å²) in [5.74, 6) is 1.29. The van der Waals surface area contributed by atoms with Crippen LogP contribution in [0.4, 0.5) is 5.82 Å². The van der Waals surface area contributed by atoms with Crippen molar-refractivity contribution in [1.29, 1.82) is 5.26 Å². The normalized spacial score (nSPS) is 13.4. The fourth-order valence-electron chi connectivity index (χ4n) is 4.44. The molecule has 10 nitrogen and oxygen atoms in total. The molecule has 1 aliphatic rings. The lowest BCUT2D eigenvalue weighted by molar-refractivity contribution is 0.0926. The zero-order valence-electron chi connectivity index (χ0n) is 21.1. The van der Waals surface area contributed by atoms with Gasteiger partial charge >= 0.3 is 0 Å². The molecule has 1 saturated heterocycles. The molecular formula is C27H28ClN7O3. The van der Waals surface area contributed by atoms with Crippen molar-refractivity contribution in [2.45, 2.75) is 25.8 Å². The SMILES string of the molecule is CCOc1cc(-c2ccc(N3CCC(NC(=O)c4ncccc4Cl)CC3)nc2)c2c(C#N)cnn2c1.CO. The fraction of sp³-hybridized carbons (Fsp3) is 0.296. The third-order valence-electron chi connectivity index (χ3n) is 6.20. The second kappa shape index (κ2) is 12.4. The number of aliphatic hydroxyl groups excluding tert-OH is 1. The summed E-state index contributed by atoms with van der Waals surface area (Å²) in [6.07, 6.45) is 8.28. The number of amides is 1. The average Bonchev–Trinajstić information content (AvgIpc) is 3.38. The van der Waals surface area contributed by atoms with Crippen molar-refractivity contribution < 1.29 is 14.6 Å². The van der Waals surface area contributed by atoms with Gasteiger partial charge in [0.1, 0.15) is 23.3 Å². The van der Waals surface area contributed by atoms with Crippen LogP contribution in [0.1, 0.15) is 35.8 Å². The quantitative estimate of drug-likeness (QED) is 0.383. The molecule has 0 saturated carbocycles. The van der Waals surface area contributed by atoms with Gasteiger partial charge < -0.3 is 20.1 Å². The third kappa shape index (κ3) is 5.69. The van der Waals surface area contributed by atoms with Gasteiger partial charge in [-0.2, -0.15) is 10.4 Å². The maximum absolute atomic E-state index is 12.5. The molecule has 0 atom stereocenters. The number of nitriles is 1. The molecule has 5 heterocycles. The van der Waals surface area contributed by atoms with E-state index >= 15 is 0 Å². The van der Waals surface area contributed by atoms with Gasteiger partial charge in [-0.25, -0.2) is 14.5 Å². The number of rotatable bonds is 6. The number of halogens is 1. The van der Waals surface area contributed by atoms with Gasteiger partial charge in [-0.1, -0.05) is 11.6 Å². The number of nitrogens with zero attached hydrogens (tertiary/aromatic N) is 6. The second-order valence-corrected chi connectivity index (χ2v) is 8.87. The molecule has 11 heteroatoms. The standard InChI is InChI=1S/C26H24ClN7O2.CH4O/c1-2-36-20-12-21(25-18(13-28)15-31-34(25)16-20)17-5-6-23(30-14-17)33-10-7-19(8-11-33)32-26(35)24-22(27)4-3-9-29-24;1-2/h3-6,9,12,14-16,19H,2,7-8,10-11H2,1H3,(H,32,35);2H,1H3. The number of pyridine rings is 3. The van der Waals surface area contributed by atoms with Crippen LogP contribution in [0.15, 0.2) is 55.1 Å². The number of carbonyl (C=O) groups is 1. The zero-order chi connectivity index (χ0) is 27.1. The summed E-state index contributed by atoms with van der Waals surface area (Å²) in [4.78, 5) is 23.5. The van der Waals surface area contributed by atoms with Crippen molar-refractivity contribution >= 4 is 28.8 Å². The van der Waals surface area contributed by atoms with Gasteiger partial charge in [0.2, 0.25) is 0 Å². The first-order valence-corrected chi connectivity index (χ1v) is 12.6. The van der Waals surface area contributed by atoms with E-state index in [-0.39, 0.29) is 17.6 Å². The molecule has 5 rings (SSSR count). The largest absolute Gasteiger partial charge is 0.492 e. The van der Waals surface area contributed by atoms with Crippen LogP contribution in [0, 0.1) is 11.3 Å². The zero-order valence-corrected chi connectivity index (χ0v) is 21.9. The van der Waals surface area contributed by atoms with Gasteiger partial charge in [0.05, 0.1) is 35.1 Å². The molecule has 0 spiro atoms. The topological polar surface area (TPSA) is 129 Å². The van der Waals surface area contributed by atoms with E-state index < -0.39 is 0 Å². The van der Waals surface area contributed by atoms with Crippen LogP contribution < -0.4 is 15.0 Å². The molecule has 0 bridgehead atoms. The Labute approximate surface area is 225 Å². The number of hydrogen-bond donors (Lipinski definition) is 2. The van der Waals surface area contributed by atoms with E-state index in [9.17, 15) is 10.1 Å². The molecule has 2 N–H and O–H groups in total. The molecule has 38 heavy (non-hydrogen) atoms. The second-order valence-electron chi connectivity index (χ2n) is 8.46. The fourth-order valence-corrected chi connectivity index (χ4v) is 4.64. The van der Waals surface area contributed by atoms with Gasteiger partial charge in [0.15, 0.2) is 0 Å².